The first kappa shape index (κ1) is 10.7. The molecular weight excluding hydrogens is 151 g/mol. The number of nitrogens with zero attached hydrogens (tertiary/aromatic N) is 1. The largest absolute Gasteiger partial charge is 1.00 e. The van der Waals surface area contributed by atoms with Crippen molar-refractivity contribution in [2.24, 2.45) is 0 Å². The van der Waals surface area contributed by atoms with Crippen LogP contribution in [0, 0.1) is 0 Å². The van der Waals surface area contributed by atoms with Crippen LogP contribution in [0.4, 0.5) is 0 Å². The summed E-state index contributed by atoms with van der Waals surface area (Å²) in [6.45, 7) is 0. The quantitative estimate of drug-likeness (QED) is 0.469. The third kappa shape index (κ3) is 2.04. The maximum atomic E-state index is 4.06. The summed E-state index contributed by atoms with van der Waals surface area (Å²) in [5.74, 6) is 0. The van der Waals surface area contributed by atoms with E-state index >= 15 is 0 Å². The van der Waals surface area contributed by atoms with Gasteiger partial charge in [-0.15, -0.1) is 0 Å². The SMILES string of the molecule is [Na+].[OH-].c1ccc2[nH]cnc2c1. The molecule has 0 saturated carbocycles. The number of hydrogen-bond donors (Lipinski definition) is 1. The van der Waals surface area contributed by atoms with Gasteiger partial charge >= 0.3 is 29.6 Å². The molecule has 0 atom stereocenters. The Morgan fingerprint density at radius 1 is 1.18 bits per heavy atom. The van der Waals surface area contributed by atoms with Crippen molar-refractivity contribution in [1.82, 2.24) is 9.97 Å². The molecule has 0 spiro atoms. The Kier molecular flexibility index (Phi) is 4.37. The topological polar surface area (TPSA) is 58.7 Å². The molecule has 1 aromatic carbocycles. The molecule has 1 heterocycles. The first-order chi connectivity index (χ1) is 4.47. The van der Waals surface area contributed by atoms with Gasteiger partial charge < -0.3 is 10.5 Å². The maximum absolute atomic E-state index is 4.06. The minimum Gasteiger partial charge on any atom is -0.870 e. The van der Waals surface area contributed by atoms with Crippen molar-refractivity contribution in [3.8, 4) is 0 Å². The number of imidazole rings is 1. The molecule has 0 unspecified atom stereocenters. The third-order valence-corrected chi connectivity index (χ3v) is 1.33. The first-order valence-corrected chi connectivity index (χ1v) is 2.85. The Labute approximate surface area is 86.4 Å². The van der Waals surface area contributed by atoms with Gasteiger partial charge in [-0.3, -0.25) is 0 Å². The smallest absolute Gasteiger partial charge is 0.870 e. The molecule has 0 saturated heterocycles. The molecule has 52 valence electrons. The zero-order valence-corrected chi connectivity index (χ0v) is 8.28. The third-order valence-electron chi connectivity index (χ3n) is 1.33. The van der Waals surface area contributed by atoms with E-state index in [1.54, 1.807) is 6.33 Å². The fourth-order valence-corrected chi connectivity index (χ4v) is 0.880. The van der Waals surface area contributed by atoms with Crippen molar-refractivity contribution in [2.45, 2.75) is 0 Å². The summed E-state index contributed by atoms with van der Waals surface area (Å²) >= 11 is 0. The molecule has 3 nitrogen and oxygen atoms in total. The zero-order chi connectivity index (χ0) is 6.10. The number of fused-ring (bicyclic) bond motifs is 1. The van der Waals surface area contributed by atoms with E-state index in [-0.39, 0.29) is 35.0 Å². The molecule has 0 aliphatic carbocycles. The predicted octanol–water partition coefficient (Wildman–Crippen LogP) is -1.61. The average Bonchev–Trinajstić information content (AvgIpc) is 2.33. The number of aromatic nitrogens is 2. The van der Waals surface area contributed by atoms with Crippen LogP contribution >= 0.6 is 0 Å². The van der Waals surface area contributed by atoms with E-state index in [1.165, 1.54) is 0 Å². The molecule has 4 heteroatoms. The normalized spacial score (nSPS) is 8.36. The van der Waals surface area contributed by atoms with Gasteiger partial charge in [0.05, 0.1) is 17.4 Å². The minimum atomic E-state index is 0. The molecule has 11 heavy (non-hydrogen) atoms. The second-order valence-corrected chi connectivity index (χ2v) is 1.92. The number of rotatable bonds is 0. The van der Waals surface area contributed by atoms with Crippen LogP contribution in [0.2, 0.25) is 0 Å². The van der Waals surface area contributed by atoms with Crippen molar-refractivity contribution in [3.63, 3.8) is 0 Å². The summed E-state index contributed by atoms with van der Waals surface area (Å²) in [6.07, 6.45) is 1.70. The van der Waals surface area contributed by atoms with Crippen LogP contribution in [0.1, 0.15) is 0 Å². The van der Waals surface area contributed by atoms with Crippen LogP contribution < -0.4 is 29.6 Å². The van der Waals surface area contributed by atoms with Crippen molar-refractivity contribution >= 4 is 11.0 Å². The van der Waals surface area contributed by atoms with Crippen molar-refractivity contribution in [2.75, 3.05) is 0 Å². The Morgan fingerprint density at radius 3 is 2.64 bits per heavy atom. The summed E-state index contributed by atoms with van der Waals surface area (Å²) in [5, 5.41) is 0. The van der Waals surface area contributed by atoms with E-state index in [0.717, 1.165) is 11.0 Å². The number of aromatic amines is 1. The fourth-order valence-electron chi connectivity index (χ4n) is 0.880. The molecule has 0 bridgehead atoms. The second kappa shape index (κ2) is 4.51. The predicted molar refractivity (Wildman–Crippen MR) is 38.0 cm³/mol. The van der Waals surface area contributed by atoms with Crippen LogP contribution in [0.25, 0.3) is 11.0 Å². The average molecular weight is 158 g/mol. The van der Waals surface area contributed by atoms with Gasteiger partial charge in [0, 0.05) is 0 Å². The molecule has 0 fully saturated rings. The summed E-state index contributed by atoms with van der Waals surface area (Å²) in [7, 11) is 0. The van der Waals surface area contributed by atoms with Crippen molar-refractivity contribution < 1.29 is 35.0 Å². The van der Waals surface area contributed by atoms with Crippen molar-refractivity contribution in [1.29, 1.82) is 0 Å². The Morgan fingerprint density at radius 2 is 1.91 bits per heavy atom. The summed E-state index contributed by atoms with van der Waals surface area (Å²) in [5.41, 5.74) is 2.12. The maximum Gasteiger partial charge on any atom is 1.00 e. The Hall–Kier alpha value is -0.350. The molecule has 0 amide bonds. The zero-order valence-electron chi connectivity index (χ0n) is 6.28. The summed E-state index contributed by atoms with van der Waals surface area (Å²) in [4.78, 5) is 7.07. The van der Waals surface area contributed by atoms with Crippen LogP contribution in [0.15, 0.2) is 30.6 Å². The number of hydrogen-bond acceptors (Lipinski definition) is 2. The van der Waals surface area contributed by atoms with Gasteiger partial charge in [-0.05, 0) is 12.1 Å². The number of benzene rings is 1. The van der Waals surface area contributed by atoms with E-state index < -0.39 is 0 Å². The molecule has 0 aliphatic rings. The van der Waals surface area contributed by atoms with E-state index in [9.17, 15) is 0 Å². The van der Waals surface area contributed by atoms with Crippen LogP contribution in [-0.2, 0) is 0 Å². The second-order valence-electron chi connectivity index (χ2n) is 1.92. The molecule has 0 aliphatic heterocycles. The molecule has 2 rings (SSSR count). The van der Waals surface area contributed by atoms with Gasteiger partial charge in [0.2, 0.25) is 0 Å². The van der Waals surface area contributed by atoms with Gasteiger partial charge in [0.25, 0.3) is 0 Å². The molecular formula is C7H7N2NaO. The van der Waals surface area contributed by atoms with E-state index in [1.807, 2.05) is 24.3 Å². The summed E-state index contributed by atoms with van der Waals surface area (Å²) in [6, 6.07) is 7.94. The van der Waals surface area contributed by atoms with Crippen LogP contribution in [0.3, 0.4) is 0 Å². The standard InChI is InChI=1S/C7H6N2.Na.H2O/c1-2-4-7-6(3-1)8-5-9-7;;/h1-5H,(H,8,9);;1H2/q;+1;/p-1. The minimum absolute atomic E-state index is 0. The molecule has 2 aromatic rings. The van der Waals surface area contributed by atoms with Gasteiger partial charge in [-0.1, -0.05) is 12.1 Å². The van der Waals surface area contributed by atoms with Gasteiger partial charge in [-0.25, -0.2) is 4.98 Å². The summed E-state index contributed by atoms with van der Waals surface area (Å²) < 4.78 is 0. The van der Waals surface area contributed by atoms with E-state index in [0.29, 0.717) is 0 Å². The number of nitrogens with one attached hydrogen (secondary N) is 1. The molecule has 1 aromatic heterocycles. The van der Waals surface area contributed by atoms with E-state index in [2.05, 4.69) is 9.97 Å². The first-order valence-electron chi connectivity index (χ1n) is 2.85. The molecule has 2 N–H and O–H groups in total. The Balaban J connectivity index is 0.000000500. The fraction of sp³-hybridized carbons (Fsp3) is 0. The van der Waals surface area contributed by atoms with E-state index in [4.69, 9.17) is 0 Å². The van der Waals surface area contributed by atoms with Crippen LogP contribution in [0.5, 0.6) is 0 Å². The Bertz CT molecular complexity index is 290. The van der Waals surface area contributed by atoms with Gasteiger partial charge in [0.1, 0.15) is 0 Å². The van der Waals surface area contributed by atoms with Gasteiger partial charge in [0.15, 0.2) is 0 Å². The van der Waals surface area contributed by atoms with Crippen LogP contribution in [-0.4, -0.2) is 15.4 Å². The van der Waals surface area contributed by atoms with Crippen molar-refractivity contribution in [3.05, 3.63) is 30.6 Å². The monoisotopic (exact) mass is 158 g/mol. The molecule has 0 radical (unpaired) electrons. The number of para-hydroxylation sites is 2. The van der Waals surface area contributed by atoms with Gasteiger partial charge in [-0.2, -0.15) is 0 Å². The number of H-pyrrole nitrogens is 1.